The second kappa shape index (κ2) is 8.47. The number of nitrogens with one attached hydrogen (secondary N) is 2. The van der Waals surface area contributed by atoms with Gasteiger partial charge in [0.15, 0.2) is 5.11 Å². The summed E-state index contributed by atoms with van der Waals surface area (Å²) in [6, 6.07) is 10.3. The van der Waals surface area contributed by atoms with Crippen LogP contribution in [0.4, 0.5) is 15.8 Å². The van der Waals surface area contributed by atoms with Crippen LogP contribution in [0.5, 0.6) is 0 Å². The summed E-state index contributed by atoms with van der Waals surface area (Å²) >= 11 is 17.7. The van der Waals surface area contributed by atoms with Crippen LogP contribution in [-0.4, -0.2) is 14.9 Å². The molecule has 0 atom stereocenters. The Labute approximate surface area is 178 Å². The first-order valence-electron chi connectivity index (χ1n) is 8.57. The molecular weight excluding hydrogens is 418 g/mol. The lowest BCUT2D eigenvalue weighted by Crippen LogP contribution is -2.20. The van der Waals surface area contributed by atoms with Gasteiger partial charge in [0, 0.05) is 21.3 Å². The van der Waals surface area contributed by atoms with E-state index in [1.807, 2.05) is 39.0 Å². The van der Waals surface area contributed by atoms with Crippen molar-refractivity contribution in [2.75, 3.05) is 10.6 Å². The summed E-state index contributed by atoms with van der Waals surface area (Å²) in [5.41, 5.74) is 4.51. The molecule has 1 aromatic heterocycles. The van der Waals surface area contributed by atoms with E-state index >= 15 is 0 Å². The molecule has 3 aromatic rings. The van der Waals surface area contributed by atoms with Crippen molar-refractivity contribution in [3.63, 3.8) is 0 Å². The molecule has 2 aromatic carbocycles. The van der Waals surface area contributed by atoms with E-state index in [1.165, 1.54) is 6.07 Å². The van der Waals surface area contributed by atoms with Gasteiger partial charge in [-0.25, -0.2) is 4.39 Å². The average molecular weight is 437 g/mol. The Morgan fingerprint density at radius 3 is 2.54 bits per heavy atom. The number of thiocarbonyl (C=S) groups is 1. The molecular formula is C20H19Cl2FN4S. The van der Waals surface area contributed by atoms with E-state index in [1.54, 1.807) is 16.8 Å². The molecule has 2 N–H and O–H groups in total. The fourth-order valence-corrected chi connectivity index (χ4v) is 3.43. The first-order chi connectivity index (χ1) is 13.3. The van der Waals surface area contributed by atoms with Crippen molar-refractivity contribution in [3.05, 3.63) is 74.8 Å². The fourth-order valence-electron chi connectivity index (χ4n) is 2.81. The Morgan fingerprint density at radius 2 is 1.86 bits per heavy atom. The van der Waals surface area contributed by atoms with E-state index in [0.717, 1.165) is 28.3 Å². The number of rotatable bonds is 4. The average Bonchev–Trinajstić information content (AvgIpc) is 2.89. The van der Waals surface area contributed by atoms with Crippen LogP contribution in [0.15, 0.2) is 36.4 Å². The van der Waals surface area contributed by atoms with Gasteiger partial charge in [-0.05, 0) is 62.8 Å². The maximum atomic E-state index is 14.1. The highest BCUT2D eigenvalue weighted by Crippen LogP contribution is 2.25. The smallest absolute Gasteiger partial charge is 0.175 e. The Kier molecular flexibility index (Phi) is 6.23. The first-order valence-corrected chi connectivity index (χ1v) is 9.73. The Bertz CT molecular complexity index is 1030. The number of aromatic nitrogens is 2. The number of hydrogen-bond donors (Lipinski definition) is 2. The molecule has 8 heteroatoms. The lowest BCUT2D eigenvalue weighted by atomic mass is 10.2. The SMILES string of the molecule is Cc1ccc(NC(=S)Nc2c(C)nn(Cc3c(F)cccc3Cl)c2C)cc1Cl. The lowest BCUT2D eigenvalue weighted by molar-refractivity contribution is 0.579. The van der Waals surface area contributed by atoms with Crippen LogP contribution in [0.3, 0.4) is 0 Å². The molecule has 4 nitrogen and oxygen atoms in total. The maximum Gasteiger partial charge on any atom is 0.175 e. The predicted molar refractivity (Wildman–Crippen MR) is 118 cm³/mol. The minimum absolute atomic E-state index is 0.230. The van der Waals surface area contributed by atoms with Gasteiger partial charge in [-0.15, -0.1) is 0 Å². The van der Waals surface area contributed by atoms with Gasteiger partial charge in [-0.3, -0.25) is 4.68 Å². The number of aryl methyl sites for hydroxylation is 2. The second-order valence-electron chi connectivity index (χ2n) is 6.45. The molecule has 0 unspecified atom stereocenters. The van der Waals surface area contributed by atoms with Crippen molar-refractivity contribution in [1.82, 2.24) is 9.78 Å². The standard InChI is InChI=1S/C20H19Cl2FN4S/c1-11-7-8-14(9-17(11)22)24-20(28)25-19-12(2)26-27(13(19)3)10-15-16(21)5-4-6-18(15)23/h4-9H,10H2,1-3H3,(H2,24,25,28). The molecule has 0 aliphatic rings. The van der Waals surface area contributed by atoms with Crippen LogP contribution in [0.25, 0.3) is 0 Å². The topological polar surface area (TPSA) is 41.9 Å². The second-order valence-corrected chi connectivity index (χ2v) is 7.67. The summed E-state index contributed by atoms with van der Waals surface area (Å²) in [6.45, 7) is 5.92. The summed E-state index contributed by atoms with van der Waals surface area (Å²) in [6.07, 6.45) is 0. The number of hydrogen-bond acceptors (Lipinski definition) is 2. The normalized spacial score (nSPS) is 10.8. The van der Waals surface area contributed by atoms with Gasteiger partial charge in [-0.1, -0.05) is 35.3 Å². The summed E-state index contributed by atoms with van der Waals surface area (Å²) in [5, 5.41) is 12.2. The Balaban J connectivity index is 1.78. The van der Waals surface area contributed by atoms with Crippen LogP contribution in [0.1, 0.15) is 22.5 Å². The van der Waals surface area contributed by atoms with Crippen molar-refractivity contribution in [3.8, 4) is 0 Å². The van der Waals surface area contributed by atoms with Crippen LogP contribution in [-0.2, 0) is 6.54 Å². The first kappa shape index (κ1) is 20.6. The van der Waals surface area contributed by atoms with E-state index < -0.39 is 0 Å². The summed E-state index contributed by atoms with van der Waals surface area (Å²) < 4.78 is 15.8. The van der Waals surface area contributed by atoms with Crippen molar-refractivity contribution < 1.29 is 4.39 Å². The zero-order chi connectivity index (χ0) is 20.4. The zero-order valence-corrected chi connectivity index (χ0v) is 17.9. The molecule has 28 heavy (non-hydrogen) atoms. The highest BCUT2D eigenvalue weighted by Gasteiger charge is 2.16. The third-order valence-electron chi connectivity index (χ3n) is 4.42. The summed E-state index contributed by atoms with van der Waals surface area (Å²) in [5.74, 6) is -0.358. The minimum atomic E-state index is -0.358. The van der Waals surface area contributed by atoms with Crippen LogP contribution in [0.2, 0.25) is 10.0 Å². The van der Waals surface area contributed by atoms with E-state index in [0.29, 0.717) is 20.7 Å². The summed E-state index contributed by atoms with van der Waals surface area (Å²) in [4.78, 5) is 0. The van der Waals surface area contributed by atoms with Gasteiger partial charge in [0.05, 0.1) is 23.6 Å². The van der Waals surface area contributed by atoms with Gasteiger partial charge < -0.3 is 10.6 Å². The Morgan fingerprint density at radius 1 is 1.11 bits per heavy atom. The lowest BCUT2D eigenvalue weighted by Gasteiger charge is -2.12. The van der Waals surface area contributed by atoms with E-state index in [9.17, 15) is 4.39 Å². The molecule has 146 valence electrons. The highest BCUT2D eigenvalue weighted by molar-refractivity contribution is 7.80. The van der Waals surface area contributed by atoms with Crippen molar-refractivity contribution in [2.45, 2.75) is 27.3 Å². The largest absolute Gasteiger partial charge is 0.332 e. The number of halogens is 3. The van der Waals surface area contributed by atoms with Gasteiger partial charge in [-0.2, -0.15) is 5.10 Å². The monoisotopic (exact) mass is 436 g/mol. The van der Waals surface area contributed by atoms with E-state index in [2.05, 4.69) is 15.7 Å². The minimum Gasteiger partial charge on any atom is -0.332 e. The molecule has 0 aliphatic carbocycles. The van der Waals surface area contributed by atoms with Gasteiger partial charge >= 0.3 is 0 Å². The molecule has 1 heterocycles. The van der Waals surface area contributed by atoms with Crippen LogP contribution in [0, 0.1) is 26.6 Å². The van der Waals surface area contributed by atoms with Crippen molar-refractivity contribution in [2.24, 2.45) is 0 Å². The number of nitrogens with zero attached hydrogens (tertiary/aromatic N) is 2. The third kappa shape index (κ3) is 4.46. The molecule has 3 rings (SSSR count). The molecule has 0 radical (unpaired) electrons. The van der Waals surface area contributed by atoms with E-state index in [4.69, 9.17) is 35.4 Å². The van der Waals surface area contributed by atoms with Crippen molar-refractivity contribution in [1.29, 1.82) is 0 Å². The molecule has 0 spiro atoms. The predicted octanol–water partition coefficient (Wildman–Crippen LogP) is 6.11. The summed E-state index contributed by atoms with van der Waals surface area (Å²) in [7, 11) is 0. The van der Waals surface area contributed by atoms with Crippen molar-refractivity contribution >= 4 is 51.9 Å². The number of anilines is 2. The molecule has 0 saturated heterocycles. The van der Waals surface area contributed by atoms with Crippen LogP contribution >= 0.6 is 35.4 Å². The molecule has 0 fully saturated rings. The molecule has 0 saturated carbocycles. The fraction of sp³-hybridized carbons (Fsp3) is 0.200. The quantitative estimate of drug-likeness (QED) is 0.483. The van der Waals surface area contributed by atoms with E-state index in [-0.39, 0.29) is 12.4 Å². The third-order valence-corrected chi connectivity index (χ3v) is 5.38. The van der Waals surface area contributed by atoms with Crippen LogP contribution < -0.4 is 10.6 Å². The molecule has 0 aliphatic heterocycles. The van der Waals surface area contributed by atoms with Gasteiger partial charge in [0.25, 0.3) is 0 Å². The molecule has 0 amide bonds. The molecule has 0 bridgehead atoms. The highest BCUT2D eigenvalue weighted by atomic mass is 35.5. The number of benzene rings is 2. The van der Waals surface area contributed by atoms with Gasteiger partial charge in [0.2, 0.25) is 0 Å². The van der Waals surface area contributed by atoms with Gasteiger partial charge in [0.1, 0.15) is 5.82 Å². The maximum absolute atomic E-state index is 14.1. The zero-order valence-electron chi connectivity index (χ0n) is 15.6. The Hall–Kier alpha value is -2.15.